The number of rotatable bonds is 6. The van der Waals surface area contributed by atoms with Gasteiger partial charge in [-0.3, -0.25) is 14.3 Å². The minimum absolute atomic E-state index is 0.0373. The van der Waals surface area contributed by atoms with Crippen LogP contribution in [-0.4, -0.2) is 43.1 Å². The maximum absolute atomic E-state index is 13.7. The van der Waals surface area contributed by atoms with Gasteiger partial charge in [0.2, 0.25) is 0 Å². The molecule has 2 unspecified atom stereocenters. The Morgan fingerprint density at radius 1 is 1.24 bits per heavy atom. The van der Waals surface area contributed by atoms with Crippen molar-refractivity contribution in [3.8, 4) is 0 Å². The number of nitrogen functional groups attached to an aromatic ring is 1. The van der Waals surface area contributed by atoms with Gasteiger partial charge in [0.15, 0.2) is 5.69 Å². The number of hydrogen-bond acceptors (Lipinski definition) is 5. The summed E-state index contributed by atoms with van der Waals surface area (Å²) in [5, 5.41) is 17.5. The van der Waals surface area contributed by atoms with Gasteiger partial charge in [0.1, 0.15) is 11.5 Å². The number of aliphatic hydroxyl groups excluding tert-OH is 1. The standard InChI is InChI=1S/C28H29FN6O3/c1-16-13-34(28(38)24-7-4-10-31-24)15-21-25(27(37)32-20-6-3-5-19(12-20)17(2)36)33-35(26(16)21)14-18-8-9-22(29)23(30)11-18/h3-12,16-17,31,36H,13-15,30H2,1-2H3,(H,32,37). The molecule has 4 aromatic rings. The molecule has 0 aliphatic carbocycles. The highest BCUT2D eigenvalue weighted by atomic mass is 19.1. The number of benzene rings is 2. The van der Waals surface area contributed by atoms with Crippen molar-refractivity contribution >= 4 is 23.2 Å². The normalized spacial score (nSPS) is 15.7. The fourth-order valence-electron chi connectivity index (χ4n) is 4.91. The molecule has 1 aliphatic rings. The Hall–Kier alpha value is -4.44. The van der Waals surface area contributed by atoms with Crippen molar-refractivity contribution in [3.05, 3.63) is 100 Å². The van der Waals surface area contributed by atoms with Crippen LogP contribution in [0.2, 0.25) is 0 Å². The zero-order valence-corrected chi connectivity index (χ0v) is 21.1. The number of nitrogens with two attached hydrogens (primary N) is 1. The number of aromatic nitrogens is 3. The van der Waals surface area contributed by atoms with Gasteiger partial charge >= 0.3 is 0 Å². The first-order valence-corrected chi connectivity index (χ1v) is 12.4. The molecule has 196 valence electrons. The van der Waals surface area contributed by atoms with Crippen LogP contribution in [0, 0.1) is 5.82 Å². The molecule has 38 heavy (non-hydrogen) atoms. The summed E-state index contributed by atoms with van der Waals surface area (Å²) in [5.41, 5.74) is 9.90. The van der Waals surface area contributed by atoms with E-state index in [-0.39, 0.29) is 36.3 Å². The van der Waals surface area contributed by atoms with E-state index in [0.29, 0.717) is 29.1 Å². The minimum atomic E-state index is -0.685. The summed E-state index contributed by atoms with van der Waals surface area (Å²) in [6, 6.07) is 14.9. The average molecular weight is 517 g/mol. The first kappa shape index (κ1) is 25.2. The number of anilines is 2. The molecule has 3 heterocycles. The SMILES string of the molecule is CC(O)c1cccc(NC(=O)c2nn(Cc3ccc(F)c(N)c3)c3c2CN(C(=O)c2ccc[nH]2)CC3C)c1. The van der Waals surface area contributed by atoms with Crippen molar-refractivity contribution in [3.63, 3.8) is 0 Å². The number of H-pyrrole nitrogens is 1. The minimum Gasteiger partial charge on any atom is -0.396 e. The van der Waals surface area contributed by atoms with Gasteiger partial charge in [0, 0.05) is 35.6 Å². The summed E-state index contributed by atoms with van der Waals surface area (Å²) in [7, 11) is 0. The lowest BCUT2D eigenvalue weighted by Gasteiger charge is -2.32. The second-order valence-corrected chi connectivity index (χ2v) is 9.65. The molecular weight excluding hydrogens is 487 g/mol. The van der Waals surface area contributed by atoms with Crippen LogP contribution in [0.4, 0.5) is 15.8 Å². The van der Waals surface area contributed by atoms with Crippen molar-refractivity contribution in [2.45, 2.75) is 39.0 Å². The second kappa shape index (κ2) is 10.1. The number of carbonyl (C=O) groups excluding carboxylic acids is 2. The fraction of sp³-hybridized carbons (Fsp3) is 0.250. The number of halogens is 1. The third-order valence-corrected chi connectivity index (χ3v) is 6.75. The van der Waals surface area contributed by atoms with Crippen molar-refractivity contribution in [1.82, 2.24) is 19.7 Å². The van der Waals surface area contributed by atoms with E-state index < -0.39 is 17.8 Å². The Bertz CT molecular complexity index is 1490. The summed E-state index contributed by atoms with van der Waals surface area (Å²) in [6.07, 6.45) is 1.01. The number of aliphatic hydroxyl groups is 1. The summed E-state index contributed by atoms with van der Waals surface area (Å²) in [5.74, 6) is -1.21. The Morgan fingerprint density at radius 3 is 2.76 bits per heavy atom. The predicted molar refractivity (Wildman–Crippen MR) is 141 cm³/mol. The third kappa shape index (κ3) is 4.90. The van der Waals surface area contributed by atoms with E-state index in [4.69, 9.17) is 5.73 Å². The monoisotopic (exact) mass is 516 g/mol. The van der Waals surface area contributed by atoms with E-state index in [1.807, 2.05) is 6.92 Å². The van der Waals surface area contributed by atoms with Crippen LogP contribution >= 0.6 is 0 Å². The molecule has 5 rings (SSSR count). The fourth-order valence-corrected chi connectivity index (χ4v) is 4.91. The zero-order chi connectivity index (χ0) is 27.0. The van der Waals surface area contributed by atoms with Crippen LogP contribution in [-0.2, 0) is 13.1 Å². The molecule has 9 nitrogen and oxygen atoms in total. The molecule has 0 fully saturated rings. The Labute approximate surface area is 219 Å². The van der Waals surface area contributed by atoms with E-state index >= 15 is 0 Å². The zero-order valence-electron chi connectivity index (χ0n) is 21.1. The lowest BCUT2D eigenvalue weighted by Crippen LogP contribution is -2.38. The van der Waals surface area contributed by atoms with E-state index in [0.717, 1.165) is 11.3 Å². The van der Waals surface area contributed by atoms with Gasteiger partial charge in [0.25, 0.3) is 11.8 Å². The molecule has 2 amide bonds. The summed E-state index contributed by atoms with van der Waals surface area (Å²) >= 11 is 0. The van der Waals surface area contributed by atoms with Crippen LogP contribution in [0.5, 0.6) is 0 Å². The van der Waals surface area contributed by atoms with E-state index in [1.54, 1.807) is 71.2 Å². The largest absolute Gasteiger partial charge is 0.396 e. The number of nitrogens with zero attached hydrogens (tertiary/aromatic N) is 3. The lowest BCUT2D eigenvalue weighted by molar-refractivity contribution is 0.0711. The van der Waals surface area contributed by atoms with Crippen molar-refractivity contribution < 1.29 is 19.1 Å². The smallest absolute Gasteiger partial charge is 0.276 e. The molecule has 10 heteroatoms. The third-order valence-electron chi connectivity index (χ3n) is 6.75. The van der Waals surface area contributed by atoms with Crippen molar-refractivity contribution in [2.24, 2.45) is 0 Å². The molecule has 0 saturated heterocycles. The van der Waals surface area contributed by atoms with Crippen molar-refractivity contribution in [1.29, 1.82) is 0 Å². The Balaban J connectivity index is 1.52. The molecule has 0 spiro atoms. The highest BCUT2D eigenvalue weighted by Gasteiger charge is 2.34. The van der Waals surface area contributed by atoms with Gasteiger partial charge in [-0.05, 0) is 54.4 Å². The first-order chi connectivity index (χ1) is 18.2. The van der Waals surface area contributed by atoms with E-state index in [2.05, 4.69) is 15.4 Å². The number of nitrogens with one attached hydrogen (secondary N) is 2. The number of hydrogen-bond donors (Lipinski definition) is 4. The van der Waals surface area contributed by atoms with Crippen LogP contribution < -0.4 is 11.1 Å². The highest BCUT2D eigenvalue weighted by Crippen LogP contribution is 2.32. The average Bonchev–Trinajstić information content (AvgIpc) is 3.55. The summed E-state index contributed by atoms with van der Waals surface area (Å²) in [4.78, 5) is 31.3. The van der Waals surface area contributed by atoms with E-state index in [1.165, 1.54) is 6.07 Å². The van der Waals surface area contributed by atoms with Gasteiger partial charge in [-0.15, -0.1) is 0 Å². The molecule has 0 bridgehead atoms. The van der Waals surface area contributed by atoms with Gasteiger partial charge in [-0.1, -0.05) is 25.1 Å². The lowest BCUT2D eigenvalue weighted by atomic mass is 9.95. The number of carbonyl (C=O) groups is 2. The van der Waals surface area contributed by atoms with Crippen molar-refractivity contribution in [2.75, 3.05) is 17.6 Å². The molecule has 0 saturated carbocycles. The summed E-state index contributed by atoms with van der Waals surface area (Å²) in [6.45, 7) is 4.57. The molecule has 2 atom stereocenters. The maximum Gasteiger partial charge on any atom is 0.276 e. The first-order valence-electron chi connectivity index (χ1n) is 12.4. The highest BCUT2D eigenvalue weighted by molar-refractivity contribution is 6.04. The number of fused-ring (bicyclic) bond motifs is 1. The van der Waals surface area contributed by atoms with Crippen LogP contribution in [0.1, 0.15) is 69.2 Å². The predicted octanol–water partition coefficient (Wildman–Crippen LogP) is 4.05. The number of aromatic amines is 1. The Kier molecular flexibility index (Phi) is 6.73. The van der Waals surface area contributed by atoms with Crippen LogP contribution in [0.25, 0.3) is 0 Å². The Morgan fingerprint density at radius 2 is 2.05 bits per heavy atom. The topological polar surface area (TPSA) is 129 Å². The quantitative estimate of drug-likeness (QED) is 0.288. The van der Waals surface area contributed by atoms with Gasteiger partial charge < -0.3 is 26.0 Å². The molecule has 1 aliphatic heterocycles. The molecule has 5 N–H and O–H groups in total. The van der Waals surface area contributed by atoms with Gasteiger partial charge in [-0.25, -0.2) is 4.39 Å². The van der Waals surface area contributed by atoms with Crippen LogP contribution in [0.15, 0.2) is 60.8 Å². The molecule has 2 aromatic heterocycles. The second-order valence-electron chi connectivity index (χ2n) is 9.65. The summed E-state index contributed by atoms with van der Waals surface area (Å²) < 4.78 is 15.5. The van der Waals surface area contributed by atoms with Gasteiger partial charge in [-0.2, -0.15) is 5.10 Å². The molecule has 2 aromatic carbocycles. The van der Waals surface area contributed by atoms with Crippen LogP contribution in [0.3, 0.4) is 0 Å². The molecule has 0 radical (unpaired) electrons. The van der Waals surface area contributed by atoms with Gasteiger partial charge in [0.05, 0.1) is 24.9 Å². The number of amides is 2. The maximum atomic E-state index is 13.7. The van der Waals surface area contributed by atoms with E-state index in [9.17, 15) is 19.1 Å². The molecular formula is C28H29FN6O3.